The Labute approximate surface area is 190 Å². The summed E-state index contributed by atoms with van der Waals surface area (Å²) in [6.07, 6.45) is 8.86. The van der Waals surface area contributed by atoms with Crippen molar-refractivity contribution in [2.24, 2.45) is 0 Å². The number of benzene rings is 4. The largest absolute Gasteiger partial charge is 0.447 e. The summed E-state index contributed by atoms with van der Waals surface area (Å²) >= 11 is 0. The molecule has 0 saturated carbocycles. The van der Waals surface area contributed by atoms with Crippen molar-refractivity contribution in [2.45, 2.75) is 13.3 Å². The van der Waals surface area contributed by atoms with Crippen molar-refractivity contribution in [3.63, 3.8) is 0 Å². The molecule has 0 bridgehead atoms. The second kappa shape index (κ2) is 10.2. The van der Waals surface area contributed by atoms with E-state index in [-0.39, 0.29) is 0 Å². The minimum Gasteiger partial charge on any atom is -0.447 e. The molecular formula is C31H24O. The van der Waals surface area contributed by atoms with Crippen molar-refractivity contribution in [2.75, 3.05) is 6.61 Å². The third kappa shape index (κ3) is 5.10. The number of hydrogen-bond donors (Lipinski definition) is 0. The van der Waals surface area contributed by atoms with E-state index in [1.807, 2.05) is 19.1 Å². The monoisotopic (exact) mass is 412 g/mol. The molecule has 1 heteroatoms. The highest BCUT2D eigenvalue weighted by molar-refractivity contribution is 5.73. The first-order valence-corrected chi connectivity index (χ1v) is 10.7. The van der Waals surface area contributed by atoms with Gasteiger partial charge in [0.25, 0.3) is 0 Å². The Morgan fingerprint density at radius 1 is 0.656 bits per heavy atom. The van der Waals surface area contributed by atoms with Crippen LogP contribution in [0.4, 0.5) is 0 Å². The molecule has 4 rings (SSSR count). The summed E-state index contributed by atoms with van der Waals surface area (Å²) in [5, 5.41) is 0. The van der Waals surface area contributed by atoms with Gasteiger partial charge < -0.3 is 4.74 Å². The summed E-state index contributed by atoms with van der Waals surface area (Å²) in [5.41, 5.74) is 9.20. The fourth-order valence-electron chi connectivity index (χ4n) is 3.59. The van der Waals surface area contributed by atoms with Crippen molar-refractivity contribution in [3.05, 3.63) is 108 Å². The van der Waals surface area contributed by atoms with E-state index in [9.17, 15) is 0 Å². The van der Waals surface area contributed by atoms with Gasteiger partial charge in [-0.2, -0.15) is 0 Å². The van der Waals surface area contributed by atoms with E-state index in [0.29, 0.717) is 13.0 Å². The summed E-state index contributed by atoms with van der Waals surface area (Å²) in [7, 11) is 0. The van der Waals surface area contributed by atoms with Crippen molar-refractivity contribution in [3.8, 4) is 57.8 Å². The van der Waals surface area contributed by atoms with Gasteiger partial charge in [-0.1, -0.05) is 96.8 Å². The third-order valence-electron chi connectivity index (χ3n) is 5.33. The maximum Gasteiger partial charge on any atom is 0.110 e. The maximum atomic E-state index is 5.45. The fraction of sp³-hybridized carbons (Fsp3) is 0.0968. The van der Waals surface area contributed by atoms with E-state index in [2.05, 4.69) is 103 Å². The van der Waals surface area contributed by atoms with Crippen LogP contribution < -0.4 is 0 Å². The minimum atomic E-state index is 0.613. The van der Waals surface area contributed by atoms with Gasteiger partial charge in [0.15, 0.2) is 0 Å². The molecule has 0 amide bonds. The van der Waals surface area contributed by atoms with Crippen LogP contribution in [0.2, 0.25) is 0 Å². The van der Waals surface area contributed by atoms with Gasteiger partial charge in [0, 0.05) is 12.0 Å². The van der Waals surface area contributed by atoms with Crippen molar-refractivity contribution >= 4 is 0 Å². The van der Waals surface area contributed by atoms with Crippen LogP contribution in [-0.2, 0) is 11.2 Å². The van der Waals surface area contributed by atoms with Crippen LogP contribution in [0.5, 0.6) is 0 Å². The molecule has 0 aromatic heterocycles. The van der Waals surface area contributed by atoms with Gasteiger partial charge in [0.2, 0.25) is 0 Å². The van der Waals surface area contributed by atoms with Crippen LogP contribution in [0.3, 0.4) is 0 Å². The van der Waals surface area contributed by atoms with Crippen LogP contribution in [0.1, 0.15) is 18.1 Å². The first-order chi connectivity index (χ1) is 15.8. The van der Waals surface area contributed by atoms with E-state index in [0.717, 1.165) is 11.1 Å². The Morgan fingerprint density at radius 2 is 1.16 bits per heavy atom. The zero-order chi connectivity index (χ0) is 22.2. The summed E-state index contributed by atoms with van der Waals surface area (Å²) in [6, 6.07) is 33.9. The van der Waals surface area contributed by atoms with Gasteiger partial charge in [-0.05, 0) is 58.0 Å². The molecule has 0 atom stereocenters. The normalized spacial score (nSPS) is 10.0. The van der Waals surface area contributed by atoms with Gasteiger partial charge in [0.1, 0.15) is 6.11 Å². The highest BCUT2D eigenvalue weighted by Gasteiger charge is 2.03. The van der Waals surface area contributed by atoms with Crippen LogP contribution in [0.25, 0.3) is 33.4 Å². The molecule has 0 saturated heterocycles. The van der Waals surface area contributed by atoms with E-state index >= 15 is 0 Å². The summed E-state index contributed by atoms with van der Waals surface area (Å²) in [6.45, 7) is 2.55. The number of terminal acetylenes is 1. The molecule has 0 fully saturated rings. The van der Waals surface area contributed by atoms with Crippen LogP contribution in [-0.4, -0.2) is 6.61 Å². The van der Waals surface area contributed by atoms with E-state index in [1.165, 1.54) is 33.4 Å². The molecule has 4 aromatic rings. The minimum absolute atomic E-state index is 0.613. The molecule has 0 spiro atoms. The molecule has 0 unspecified atom stereocenters. The van der Waals surface area contributed by atoms with E-state index in [4.69, 9.17) is 11.2 Å². The Morgan fingerprint density at radius 3 is 1.66 bits per heavy atom. The predicted octanol–water partition coefficient (Wildman–Crippen LogP) is 7.21. The smallest absolute Gasteiger partial charge is 0.110 e. The number of ether oxygens (including phenoxy) is 1. The van der Waals surface area contributed by atoms with Crippen molar-refractivity contribution in [1.82, 2.24) is 0 Å². The Kier molecular flexibility index (Phi) is 6.72. The van der Waals surface area contributed by atoms with Crippen LogP contribution in [0, 0.1) is 24.4 Å². The quantitative estimate of drug-likeness (QED) is 0.315. The first kappa shape index (κ1) is 21.0. The van der Waals surface area contributed by atoms with Gasteiger partial charge in [0.05, 0.1) is 6.61 Å². The lowest BCUT2D eigenvalue weighted by Crippen LogP contribution is -1.86. The molecule has 154 valence electrons. The zero-order valence-electron chi connectivity index (χ0n) is 18.1. The Balaban J connectivity index is 1.49. The highest BCUT2D eigenvalue weighted by Crippen LogP contribution is 2.28. The van der Waals surface area contributed by atoms with Crippen LogP contribution >= 0.6 is 0 Å². The average Bonchev–Trinajstić information content (AvgIpc) is 2.87. The first-order valence-electron chi connectivity index (χ1n) is 10.7. The second-order valence-electron chi connectivity index (χ2n) is 7.47. The SMILES string of the molecule is C#Cc1ccc(-c2ccc(-c3ccc(-c4cccc(CC#COCC)c4)cc3)cc2)cc1. The molecular weight excluding hydrogens is 388 g/mol. The number of hydrogen-bond acceptors (Lipinski definition) is 1. The van der Waals surface area contributed by atoms with Gasteiger partial charge >= 0.3 is 0 Å². The lowest BCUT2D eigenvalue weighted by Gasteiger charge is -2.08. The second-order valence-corrected chi connectivity index (χ2v) is 7.47. The summed E-state index contributed by atoms with van der Waals surface area (Å²) < 4.78 is 5.10. The molecule has 32 heavy (non-hydrogen) atoms. The molecule has 0 aliphatic carbocycles. The average molecular weight is 413 g/mol. The van der Waals surface area contributed by atoms with Crippen molar-refractivity contribution in [1.29, 1.82) is 0 Å². The maximum absolute atomic E-state index is 5.45. The van der Waals surface area contributed by atoms with E-state index in [1.54, 1.807) is 0 Å². The number of rotatable bonds is 5. The fourth-order valence-corrected chi connectivity index (χ4v) is 3.59. The third-order valence-corrected chi connectivity index (χ3v) is 5.33. The van der Waals surface area contributed by atoms with Gasteiger partial charge in [-0.25, -0.2) is 0 Å². The lowest BCUT2D eigenvalue weighted by atomic mass is 9.97. The van der Waals surface area contributed by atoms with Crippen LogP contribution in [0.15, 0.2) is 97.1 Å². The molecule has 0 aliphatic heterocycles. The molecule has 1 nitrogen and oxygen atoms in total. The summed E-state index contributed by atoms with van der Waals surface area (Å²) in [5.74, 6) is 5.71. The summed E-state index contributed by atoms with van der Waals surface area (Å²) in [4.78, 5) is 0. The molecule has 0 N–H and O–H groups in total. The molecule has 0 heterocycles. The van der Waals surface area contributed by atoms with Gasteiger partial charge in [-0.3, -0.25) is 0 Å². The molecule has 4 aromatic carbocycles. The Hall–Kier alpha value is -4.20. The standard InChI is InChI=1S/C31H24O/c1-3-24-10-12-26(13-11-24)27-14-16-28(17-15-27)29-18-20-30(21-19-29)31-9-5-7-25(23-31)8-6-22-32-4-2/h1,5,7,9-21,23H,4,8H2,2H3. The van der Waals surface area contributed by atoms with Gasteiger partial charge in [-0.15, -0.1) is 6.42 Å². The zero-order valence-corrected chi connectivity index (χ0v) is 18.1. The predicted molar refractivity (Wildman–Crippen MR) is 134 cm³/mol. The highest BCUT2D eigenvalue weighted by atomic mass is 16.5. The van der Waals surface area contributed by atoms with E-state index < -0.39 is 0 Å². The Bertz CT molecular complexity index is 1280. The topological polar surface area (TPSA) is 9.23 Å². The lowest BCUT2D eigenvalue weighted by molar-refractivity contribution is 0.299. The van der Waals surface area contributed by atoms with Crippen molar-refractivity contribution < 1.29 is 4.74 Å². The molecule has 0 radical (unpaired) electrons. The molecule has 0 aliphatic rings.